The SMILES string of the molecule is CN=C(NCCc1ccc(C)cc1)NCc1csc(N(C)C)n1. The summed E-state index contributed by atoms with van der Waals surface area (Å²) in [7, 11) is 5.79. The van der Waals surface area contributed by atoms with Crippen molar-refractivity contribution in [2.45, 2.75) is 19.9 Å². The van der Waals surface area contributed by atoms with Crippen LogP contribution in [0.3, 0.4) is 0 Å². The summed E-state index contributed by atoms with van der Waals surface area (Å²) in [6.45, 7) is 3.63. The molecule has 23 heavy (non-hydrogen) atoms. The largest absolute Gasteiger partial charge is 0.356 e. The molecule has 5 nitrogen and oxygen atoms in total. The standard InChI is InChI=1S/C17H25N5S/c1-13-5-7-14(8-6-13)9-10-19-16(18-2)20-11-15-12-23-17(21-15)22(3)4/h5-8,12H,9-11H2,1-4H3,(H2,18,19,20). The number of nitrogens with one attached hydrogen (secondary N) is 2. The maximum Gasteiger partial charge on any atom is 0.191 e. The summed E-state index contributed by atoms with van der Waals surface area (Å²) in [4.78, 5) is 10.8. The van der Waals surface area contributed by atoms with E-state index >= 15 is 0 Å². The minimum Gasteiger partial charge on any atom is -0.356 e. The third kappa shape index (κ3) is 5.56. The fourth-order valence-electron chi connectivity index (χ4n) is 2.06. The van der Waals surface area contributed by atoms with E-state index in [-0.39, 0.29) is 0 Å². The Morgan fingerprint density at radius 3 is 2.57 bits per heavy atom. The molecule has 0 aliphatic carbocycles. The van der Waals surface area contributed by atoms with Gasteiger partial charge in [0.15, 0.2) is 11.1 Å². The first-order chi connectivity index (χ1) is 11.1. The van der Waals surface area contributed by atoms with Crippen LogP contribution in [0.2, 0.25) is 0 Å². The number of hydrogen-bond donors (Lipinski definition) is 2. The Bertz CT molecular complexity index is 631. The lowest BCUT2D eigenvalue weighted by Gasteiger charge is -2.11. The topological polar surface area (TPSA) is 52.6 Å². The summed E-state index contributed by atoms with van der Waals surface area (Å²) < 4.78 is 0. The lowest BCUT2D eigenvalue weighted by molar-refractivity contribution is 0.785. The molecule has 1 aromatic carbocycles. The highest BCUT2D eigenvalue weighted by molar-refractivity contribution is 7.13. The second-order valence-electron chi connectivity index (χ2n) is 5.60. The molecule has 0 fully saturated rings. The Kier molecular flexibility index (Phi) is 6.40. The number of nitrogens with zero attached hydrogens (tertiary/aromatic N) is 3. The number of rotatable bonds is 6. The van der Waals surface area contributed by atoms with Gasteiger partial charge in [-0.25, -0.2) is 4.98 Å². The Morgan fingerprint density at radius 2 is 1.96 bits per heavy atom. The van der Waals surface area contributed by atoms with Crippen molar-refractivity contribution in [3.63, 3.8) is 0 Å². The van der Waals surface area contributed by atoms with Crippen LogP contribution in [0.4, 0.5) is 5.13 Å². The van der Waals surface area contributed by atoms with E-state index in [4.69, 9.17) is 0 Å². The third-order valence-electron chi connectivity index (χ3n) is 3.41. The first-order valence-electron chi connectivity index (χ1n) is 7.70. The van der Waals surface area contributed by atoms with Gasteiger partial charge in [0, 0.05) is 33.1 Å². The molecule has 0 aliphatic heterocycles. The number of aryl methyl sites for hydroxylation is 1. The fraction of sp³-hybridized carbons (Fsp3) is 0.412. The lowest BCUT2D eigenvalue weighted by atomic mass is 10.1. The molecule has 0 amide bonds. The number of thiazole rings is 1. The van der Waals surface area contributed by atoms with Crippen molar-refractivity contribution in [1.82, 2.24) is 15.6 Å². The summed E-state index contributed by atoms with van der Waals surface area (Å²) in [6.07, 6.45) is 0.975. The molecule has 124 valence electrons. The molecule has 0 aliphatic rings. The molecular weight excluding hydrogens is 306 g/mol. The monoisotopic (exact) mass is 331 g/mol. The molecule has 0 spiro atoms. The fourth-order valence-corrected chi connectivity index (χ4v) is 2.82. The molecule has 0 bridgehead atoms. The van der Waals surface area contributed by atoms with E-state index < -0.39 is 0 Å². The van der Waals surface area contributed by atoms with Crippen LogP contribution in [-0.4, -0.2) is 38.6 Å². The van der Waals surface area contributed by atoms with Crippen LogP contribution >= 0.6 is 11.3 Å². The quantitative estimate of drug-likeness (QED) is 0.630. The Balaban J connectivity index is 1.75. The van der Waals surface area contributed by atoms with Crippen molar-refractivity contribution in [2.24, 2.45) is 4.99 Å². The van der Waals surface area contributed by atoms with Crippen molar-refractivity contribution >= 4 is 22.4 Å². The summed E-state index contributed by atoms with van der Waals surface area (Å²) in [5.41, 5.74) is 3.65. The van der Waals surface area contributed by atoms with Crippen LogP contribution in [0.1, 0.15) is 16.8 Å². The smallest absolute Gasteiger partial charge is 0.191 e. The van der Waals surface area contributed by atoms with E-state index in [1.165, 1.54) is 11.1 Å². The van der Waals surface area contributed by atoms with E-state index in [9.17, 15) is 0 Å². The zero-order chi connectivity index (χ0) is 16.7. The molecule has 0 unspecified atom stereocenters. The normalized spacial score (nSPS) is 11.4. The van der Waals surface area contributed by atoms with Crippen LogP contribution in [0.15, 0.2) is 34.6 Å². The highest BCUT2D eigenvalue weighted by Crippen LogP contribution is 2.17. The van der Waals surface area contributed by atoms with E-state index in [1.807, 2.05) is 19.0 Å². The number of aliphatic imine (C=N–C) groups is 1. The molecule has 0 saturated heterocycles. The Morgan fingerprint density at radius 1 is 1.22 bits per heavy atom. The number of benzene rings is 1. The zero-order valence-electron chi connectivity index (χ0n) is 14.3. The van der Waals surface area contributed by atoms with Gasteiger partial charge in [-0.2, -0.15) is 0 Å². The molecule has 1 heterocycles. The second kappa shape index (κ2) is 8.53. The summed E-state index contributed by atoms with van der Waals surface area (Å²) in [5.74, 6) is 0.802. The molecular formula is C17H25N5S. The highest BCUT2D eigenvalue weighted by Gasteiger charge is 2.04. The van der Waals surface area contributed by atoms with Gasteiger partial charge in [-0.05, 0) is 18.9 Å². The average molecular weight is 331 g/mol. The van der Waals surface area contributed by atoms with Gasteiger partial charge in [0.25, 0.3) is 0 Å². The summed E-state index contributed by atoms with van der Waals surface area (Å²) in [5, 5.41) is 9.72. The highest BCUT2D eigenvalue weighted by atomic mass is 32.1. The van der Waals surface area contributed by atoms with Gasteiger partial charge in [-0.1, -0.05) is 29.8 Å². The van der Waals surface area contributed by atoms with Crippen LogP contribution in [0.5, 0.6) is 0 Å². The minimum atomic E-state index is 0.675. The first-order valence-corrected chi connectivity index (χ1v) is 8.58. The molecule has 0 saturated carbocycles. The van der Waals surface area contributed by atoms with E-state index in [1.54, 1.807) is 18.4 Å². The number of aromatic nitrogens is 1. The van der Waals surface area contributed by atoms with E-state index in [0.717, 1.165) is 29.8 Å². The molecule has 2 rings (SSSR count). The maximum absolute atomic E-state index is 4.55. The van der Waals surface area contributed by atoms with Gasteiger partial charge in [0.05, 0.1) is 12.2 Å². The summed E-state index contributed by atoms with van der Waals surface area (Å²) >= 11 is 1.65. The molecule has 2 aromatic rings. The van der Waals surface area contributed by atoms with Gasteiger partial charge in [-0.3, -0.25) is 4.99 Å². The first kappa shape index (κ1) is 17.3. The molecule has 1 aromatic heterocycles. The van der Waals surface area contributed by atoms with E-state index in [0.29, 0.717) is 6.54 Å². The van der Waals surface area contributed by atoms with Crippen molar-refractivity contribution in [3.8, 4) is 0 Å². The minimum absolute atomic E-state index is 0.675. The molecule has 0 atom stereocenters. The Labute approximate surface area is 142 Å². The van der Waals surface area contributed by atoms with Gasteiger partial charge >= 0.3 is 0 Å². The van der Waals surface area contributed by atoms with Gasteiger partial charge in [0.1, 0.15) is 0 Å². The van der Waals surface area contributed by atoms with Crippen LogP contribution in [0.25, 0.3) is 0 Å². The predicted octanol–water partition coefficient (Wildman–Crippen LogP) is 2.43. The van der Waals surface area contributed by atoms with Gasteiger partial charge < -0.3 is 15.5 Å². The number of guanidine groups is 1. The second-order valence-corrected chi connectivity index (χ2v) is 6.44. The zero-order valence-corrected chi connectivity index (χ0v) is 15.1. The van der Waals surface area contributed by atoms with Crippen LogP contribution < -0.4 is 15.5 Å². The van der Waals surface area contributed by atoms with Crippen LogP contribution in [-0.2, 0) is 13.0 Å². The molecule has 0 radical (unpaired) electrons. The lowest BCUT2D eigenvalue weighted by Crippen LogP contribution is -2.37. The van der Waals surface area contributed by atoms with Gasteiger partial charge in [-0.15, -0.1) is 11.3 Å². The Hall–Kier alpha value is -2.08. The molecule has 6 heteroatoms. The van der Waals surface area contributed by atoms with Crippen molar-refractivity contribution < 1.29 is 0 Å². The van der Waals surface area contributed by atoms with Crippen molar-refractivity contribution in [1.29, 1.82) is 0 Å². The van der Waals surface area contributed by atoms with Crippen molar-refractivity contribution in [3.05, 3.63) is 46.5 Å². The molecule has 2 N–H and O–H groups in total. The predicted molar refractivity (Wildman–Crippen MR) is 99.5 cm³/mol. The van der Waals surface area contributed by atoms with Crippen LogP contribution in [0, 0.1) is 6.92 Å². The number of anilines is 1. The average Bonchev–Trinajstić information content (AvgIpc) is 3.01. The van der Waals surface area contributed by atoms with Crippen molar-refractivity contribution in [2.75, 3.05) is 32.6 Å². The summed E-state index contributed by atoms with van der Waals surface area (Å²) in [6, 6.07) is 8.64. The van der Waals surface area contributed by atoms with E-state index in [2.05, 4.69) is 57.2 Å². The third-order valence-corrected chi connectivity index (χ3v) is 4.47. The van der Waals surface area contributed by atoms with Gasteiger partial charge in [0.2, 0.25) is 0 Å². The number of hydrogen-bond acceptors (Lipinski definition) is 4. The maximum atomic E-state index is 4.55.